The Morgan fingerprint density at radius 3 is 2.48 bits per heavy atom. The van der Waals surface area contributed by atoms with Crippen LogP contribution in [0.4, 0.5) is 4.39 Å². The summed E-state index contributed by atoms with van der Waals surface area (Å²) in [5.41, 5.74) is 2.15. The highest BCUT2D eigenvalue weighted by molar-refractivity contribution is 5.94. The third-order valence-corrected chi connectivity index (χ3v) is 3.61. The standard InChI is InChI=1S/C21H17FO3/c1-15-5-4-6-18(13-15)25-21(23)19-7-2-3-8-20(19)24-14-16-9-11-17(22)12-10-16/h2-13H,14H2,1H3. The van der Waals surface area contributed by atoms with Crippen LogP contribution >= 0.6 is 0 Å². The van der Waals surface area contributed by atoms with Crippen molar-refractivity contribution in [3.8, 4) is 11.5 Å². The molecule has 3 nitrogen and oxygen atoms in total. The van der Waals surface area contributed by atoms with E-state index < -0.39 is 5.97 Å². The summed E-state index contributed by atoms with van der Waals surface area (Å²) in [6.45, 7) is 2.16. The minimum atomic E-state index is -0.486. The van der Waals surface area contributed by atoms with Crippen LogP contribution in [0.3, 0.4) is 0 Å². The minimum absolute atomic E-state index is 0.231. The van der Waals surface area contributed by atoms with E-state index in [0.29, 0.717) is 17.1 Å². The van der Waals surface area contributed by atoms with E-state index in [-0.39, 0.29) is 12.4 Å². The third kappa shape index (κ3) is 4.44. The second-order valence-electron chi connectivity index (χ2n) is 5.62. The van der Waals surface area contributed by atoms with Crippen LogP contribution in [0, 0.1) is 12.7 Å². The second kappa shape index (κ2) is 7.62. The van der Waals surface area contributed by atoms with Crippen molar-refractivity contribution in [2.75, 3.05) is 0 Å². The molecule has 0 aliphatic carbocycles. The normalized spacial score (nSPS) is 10.3. The van der Waals surface area contributed by atoms with E-state index in [2.05, 4.69) is 0 Å². The predicted octanol–water partition coefficient (Wildman–Crippen LogP) is 4.93. The molecule has 126 valence electrons. The van der Waals surface area contributed by atoms with Gasteiger partial charge in [0.25, 0.3) is 0 Å². The van der Waals surface area contributed by atoms with Crippen LogP contribution in [0.1, 0.15) is 21.5 Å². The summed E-state index contributed by atoms with van der Waals surface area (Å²) in [6.07, 6.45) is 0. The van der Waals surface area contributed by atoms with Crippen molar-refractivity contribution < 1.29 is 18.7 Å². The average Bonchev–Trinajstić information content (AvgIpc) is 2.61. The number of rotatable bonds is 5. The second-order valence-corrected chi connectivity index (χ2v) is 5.62. The molecule has 0 fully saturated rings. The van der Waals surface area contributed by atoms with Crippen molar-refractivity contribution >= 4 is 5.97 Å². The van der Waals surface area contributed by atoms with Crippen LogP contribution in [0.25, 0.3) is 0 Å². The van der Waals surface area contributed by atoms with Crippen LogP contribution < -0.4 is 9.47 Å². The fourth-order valence-electron chi connectivity index (χ4n) is 2.34. The SMILES string of the molecule is Cc1cccc(OC(=O)c2ccccc2OCc2ccc(F)cc2)c1. The Labute approximate surface area is 145 Å². The number of aryl methyl sites for hydroxylation is 1. The molecule has 0 heterocycles. The smallest absolute Gasteiger partial charge is 0.347 e. The van der Waals surface area contributed by atoms with Crippen LogP contribution in [-0.2, 0) is 6.61 Å². The zero-order chi connectivity index (χ0) is 17.6. The quantitative estimate of drug-likeness (QED) is 0.489. The summed E-state index contributed by atoms with van der Waals surface area (Å²) in [5, 5.41) is 0. The summed E-state index contributed by atoms with van der Waals surface area (Å²) in [4.78, 5) is 12.5. The Morgan fingerprint density at radius 1 is 0.960 bits per heavy atom. The molecule has 0 atom stereocenters. The van der Waals surface area contributed by atoms with E-state index in [4.69, 9.17) is 9.47 Å². The zero-order valence-electron chi connectivity index (χ0n) is 13.7. The van der Waals surface area contributed by atoms with Crippen LogP contribution in [0.15, 0.2) is 72.8 Å². The largest absolute Gasteiger partial charge is 0.488 e. The van der Waals surface area contributed by atoms with Gasteiger partial charge in [-0.25, -0.2) is 9.18 Å². The number of benzene rings is 3. The molecule has 0 spiro atoms. The lowest BCUT2D eigenvalue weighted by Gasteiger charge is -2.11. The summed E-state index contributed by atoms with van der Waals surface area (Å²) >= 11 is 0. The molecule has 0 N–H and O–H groups in total. The maximum atomic E-state index is 13.0. The molecule has 0 amide bonds. The van der Waals surface area contributed by atoms with Gasteiger partial charge in [-0.3, -0.25) is 0 Å². The Morgan fingerprint density at radius 2 is 1.72 bits per heavy atom. The predicted molar refractivity (Wildman–Crippen MR) is 93.3 cm³/mol. The van der Waals surface area contributed by atoms with Crippen molar-refractivity contribution in [3.63, 3.8) is 0 Å². The molecule has 0 aromatic heterocycles. The van der Waals surface area contributed by atoms with E-state index in [9.17, 15) is 9.18 Å². The number of hydrogen-bond donors (Lipinski definition) is 0. The lowest BCUT2D eigenvalue weighted by Crippen LogP contribution is -2.11. The first-order valence-electron chi connectivity index (χ1n) is 7.87. The van der Waals surface area contributed by atoms with Gasteiger partial charge in [0, 0.05) is 0 Å². The number of halogens is 1. The highest BCUT2D eigenvalue weighted by Gasteiger charge is 2.14. The van der Waals surface area contributed by atoms with Crippen LogP contribution in [0.2, 0.25) is 0 Å². The van der Waals surface area contributed by atoms with E-state index in [0.717, 1.165) is 11.1 Å². The molecule has 25 heavy (non-hydrogen) atoms. The fraction of sp³-hybridized carbons (Fsp3) is 0.0952. The van der Waals surface area contributed by atoms with Crippen molar-refractivity contribution in [3.05, 3.63) is 95.3 Å². The van der Waals surface area contributed by atoms with Gasteiger partial charge in [0.2, 0.25) is 0 Å². The molecular weight excluding hydrogens is 319 g/mol. The molecular formula is C21H17FO3. The van der Waals surface area contributed by atoms with Crippen LogP contribution in [0.5, 0.6) is 11.5 Å². The van der Waals surface area contributed by atoms with Crippen molar-refractivity contribution in [1.29, 1.82) is 0 Å². The van der Waals surface area contributed by atoms with Gasteiger partial charge in [0.05, 0.1) is 0 Å². The molecule has 0 radical (unpaired) electrons. The first kappa shape index (κ1) is 16.7. The average molecular weight is 336 g/mol. The number of carbonyl (C=O) groups is 1. The van der Waals surface area contributed by atoms with E-state index in [1.165, 1.54) is 12.1 Å². The maximum Gasteiger partial charge on any atom is 0.347 e. The molecule has 0 unspecified atom stereocenters. The Balaban J connectivity index is 1.73. The maximum absolute atomic E-state index is 13.0. The van der Waals surface area contributed by atoms with Gasteiger partial charge in [0.15, 0.2) is 0 Å². The van der Waals surface area contributed by atoms with Gasteiger partial charge in [-0.15, -0.1) is 0 Å². The molecule has 3 rings (SSSR count). The van der Waals surface area contributed by atoms with Gasteiger partial charge in [-0.1, -0.05) is 36.4 Å². The zero-order valence-corrected chi connectivity index (χ0v) is 13.7. The molecule has 0 aliphatic rings. The van der Waals surface area contributed by atoms with E-state index >= 15 is 0 Å². The fourth-order valence-corrected chi connectivity index (χ4v) is 2.34. The number of ether oxygens (including phenoxy) is 2. The summed E-state index contributed by atoms with van der Waals surface area (Å²) in [6, 6.07) is 20.2. The first-order valence-corrected chi connectivity index (χ1v) is 7.87. The van der Waals surface area contributed by atoms with Crippen molar-refractivity contribution in [1.82, 2.24) is 0 Å². The van der Waals surface area contributed by atoms with E-state index in [1.54, 1.807) is 48.5 Å². The highest BCUT2D eigenvalue weighted by Crippen LogP contribution is 2.22. The Hall–Kier alpha value is -3.14. The van der Waals surface area contributed by atoms with Crippen molar-refractivity contribution in [2.45, 2.75) is 13.5 Å². The molecule has 3 aromatic rings. The summed E-state index contributed by atoms with van der Waals surface area (Å²) in [5.74, 6) is 0.119. The molecule has 0 bridgehead atoms. The Bertz CT molecular complexity index is 872. The molecule has 0 saturated carbocycles. The molecule has 4 heteroatoms. The number of para-hydroxylation sites is 1. The third-order valence-electron chi connectivity index (χ3n) is 3.61. The Kier molecular flexibility index (Phi) is 5.09. The first-order chi connectivity index (χ1) is 12.1. The number of esters is 1. The monoisotopic (exact) mass is 336 g/mol. The topological polar surface area (TPSA) is 35.5 Å². The number of hydrogen-bond acceptors (Lipinski definition) is 3. The summed E-state index contributed by atoms with van der Waals surface area (Å²) in [7, 11) is 0. The van der Waals surface area contributed by atoms with Gasteiger partial charge >= 0.3 is 5.97 Å². The highest BCUT2D eigenvalue weighted by atomic mass is 19.1. The van der Waals surface area contributed by atoms with Crippen LogP contribution in [-0.4, -0.2) is 5.97 Å². The van der Waals surface area contributed by atoms with Gasteiger partial charge in [-0.05, 0) is 54.4 Å². The van der Waals surface area contributed by atoms with E-state index in [1.807, 2.05) is 19.1 Å². The minimum Gasteiger partial charge on any atom is -0.488 e. The van der Waals surface area contributed by atoms with Gasteiger partial charge < -0.3 is 9.47 Å². The lowest BCUT2D eigenvalue weighted by atomic mass is 10.2. The summed E-state index contributed by atoms with van der Waals surface area (Å²) < 4.78 is 24.1. The molecule has 0 saturated heterocycles. The lowest BCUT2D eigenvalue weighted by molar-refractivity contribution is 0.0729. The van der Waals surface area contributed by atoms with Gasteiger partial charge in [0.1, 0.15) is 29.5 Å². The van der Waals surface area contributed by atoms with Gasteiger partial charge in [-0.2, -0.15) is 0 Å². The molecule has 3 aromatic carbocycles. The van der Waals surface area contributed by atoms with Crippen molar-refractivity contribution in [2.24, 2.45) is 0 Å². The molecule has 0 aliphatic heterocycles. The number of carbonyl (C=O) groups excluding carboxylic acids is 1.